The van der Waals surface area contributed by atoms with Crippen LogP contribution in [0.15, 0.2) is 18.2 Å². The van der Waals surface area contributed by atoms with Gasteiger partial charge in [0.25, 0.3) is 5.91 Å². The Bertz CT molecular complexity index is 639. The lowest BCUT2D eigenvalue weighted by Gasteiger charge is -2.02. The smallest absolute Gasteiger partial charge is 0.338 e. The first-order valence-electron chi connectivity index (χ1n) is 5.11. The van der Waals surface area contributed by atoms with Gasteiger partial charge in [-0.25, -0.2) is 4.79 Å². The van der Waals surface area contributed by atoms with Crippen LogP contribution in [0, 0.1) is 6.92 Å². The van der Waals surface area contributed by atoms with E-state index in [1.807, 2.05) is 0 Å². The monoisotopic (exact) mass is 297 g/mol. The average molecular weight is 298 g/mol. The Kier molecular flexibility index (Phi) is 3.77. The molecule has 19 heavy (non-hydrogen) atoms. The summed E-state index contributed by atoms with van der Waals surface area (Å²) >= 11 is 6.75. The number of aromatic nitrogens is 2. The van der Waals surface area contributed by atoms with Crippen LogP contribution in [0.3, 0.4) is 0 Å². The number of thiophene rings is 1. The van der Waals surface area contributed by atoms with Crippen LogP contribution in [-0.2, 0) is 0 Å². The van der Waals surface area contributed by atoms with E-state index in [0.29, 0.717) is 0 Å². The van der Waals surface area contributed by atoms with Crippen LogP contribution in [0.2, 0.25) is 5.15 Å². The number of aromatic carboxylic acids is 1. The summed E-state index contributed by atoms with van der Waals surface area (Å²) in [5.41, 5.74) is 0.115. The number of carbonyl (C=O) groups excluding carboxylic acids is 1. The molecule has 0 radical (unpaired) electrons. The van der Waals surface area contributed by atoms with Gasteiger partial charge >= 0.3 is 5.97 Å². The highest BCUT2D eigenvalue weighted by molar-refractivity contribution is 7.16. The van der Waals surface area contributed by atoms with E-state index in [1.165, 1.54) is 29.5 Å². The molecule has 2 heterocycles. The minimum atomic E-state index is -1.10. The highest BCUT2D eigenvalue weighted by Crippen LogP contribution is 2.27. The van der Waals surface area contributed by atoms with Gasteiger partial charge in [-0.05, 0) is 25.1 Å². The fourth-order valence-corrected chi connectivity index (χ4v) is 2.37. The van der Waals surface area contributed by atoms with Crippen LogP contribution < -0.4 is 5.32 Å². The van der Waals surface area contributed by atoms with Crippen molar-refractivity contribution in [1.29, 1.82) is 0 Å². The highest BCUT2D eigenvalue weighted by atomic mass is 35.5. The van der Waals surface area contributed by atoms with Crippen LogP contribution in [0.5, 0.6) is 0 Å². The second kappa shape index (κ2) is 5.33. The molecule has 2 aromatic rings. The third kappa shape index (κ3) is 3.07. The topological polar surface area (TPSA) is 92.2 Å². The van der Waals surface area contributed by atoms with Gasteiger partial charge in [-0.1, -0.05) is 11.6 Å². The van der Waals surface area contributed by atoms with Gasteiger partial charge in [-0.3, -0.25) is 4.79 Å². The van der Waals surface area contributed by atoms with Crippen LogP contribution >= 0.6 is 22.9 Å². The molecule has 0 fully saturated rings. The van der Waals surface area contributed by atoms with Gasteiger partial charge < -0.3 is 10.4 Å². The summed E-state index contributed by atoms with van der Waals surface area (Å²) in [6, 6.07) is 4.34. The maximum Gasteiger partial charge on any atom is 0.338 e. The second-order valence-electron chi connectivity index (χ2n) is 3.60. The predicted octanol–water partition coefficient (Wildman–Crippen LogP) is 2.45. The fraction of sp³-hybridized carbons (Fsp3) is 0.0909. The molecule has 0 atom stereocenters. The Balaban J connectivity index is 2.24. The number of amides is 1. The molecule has 0 saturated heterocycles. The maximum atomic E-state index is 11.9. The first kappa shape index (κ1) is 13.4. The Labute approximate surface area is 117 Å². The Hall–Kier alpha value is -1.99. The second-order valence-corrected chi connectivity index (χ2v) is 5.24. The number of carboxylic acid groups (broad SMARTS) is 1. The van der Waals surface area contributed by atoms with Gasteiger partial charge in [0, 0.05) is 4.88 Å². The molecule has 0 spiro atoms. The first-order chi connectivity index (χ1) is 8.97. The number of nitrogens with one attached hydrogen (secondary N) is 1. The zero-order valence-corrected chi connectivity index (χ0v) is 11.2. The number of halogens is 1. The molecule has 0 bridgehead atoms. The predicted molar refractivity (Wildman–Crippen MR) is 71.0 cm³/mol. The van der Waals surface area contributed by atoms with E-state index in [9.17, 15) is 9.59 Å². The number of hydrogen-bond donors (Lipinski definition) is 2. The number of nitrogens with zero attached hydrogens (tertiary/aromatic N) is 2. The van der Waals surface area contributed by atoms with Gasteiger partial charge in [-0.2, -0.15) is 0 Å². The van der Waals surface area contributed by atoms with Crippen LogP contribution in [-0.4, -0.2) is 27.2 Å². The summed E-state index contributed by atoms with van der Waals surface area (Å²) < 4.78 is 0. The van der Waals surface area contributed by atoms with E-state index in [1.54, 1.807) is 6.92 Å². The lowest BCUT2D eigenvalue weighted by atomic mass is 10.3. The molecule has 6 nitrogen and oxygen atoms in total. The third-order valence-corrected chi connectivity index (χ3v) is 3.34. The van der Waals surface area contributed by atoms with E-state index in [2.05, 4.69) is 15.5 Å². The number of rotatable bonds is 3. The highest BCUT2D eigenvalue weighted by Gasteiger charge is 2.17. The normalized spacial score (nSPS) is 10.2. The molecule has 8 heteroatoms. The Morgan fingerprint density at radius 2 is 2.11 bits per heavy atom. The first-order valence-corrected chi connectivity index (χ1v) is 6.31. The summed E-state index contributed by atoms with van der Waals surface area (Å²) in [5.74, 6) is -1.63. The molecular weight excluding hydrogens is 290 g/mol. The zero-order chi connectivity index (χ0) is 14.0. The lowest BCUT2D eigenvalue weighted by molar-refractivity contribution is 0.0698. The molecule has 0 aliphatic heterocycles. The summed E-state index contributed by atoms with van der Waals surface area (Å²) in [6.07, 6.45) is 0. The molecule has 0 unspecified atom stereocenters. The number of anilines is 1. The van der Waals surface area contributed by atoms with Crippen molar-refractivity contribution in [2.45, 2.75) is 6.92 Å². The minimum Gasteiger partial charge on any atom is -0.478 e. The van der Waals surface area contributed by atoms with E-state index in [4.69, 9.17) is 16.7 Å². The summed E-state index contributed by atoms with van der Waals surface area (Å²) in [6.45, 7) is 1.76. The molecule has 0 aliphatic rings. The molecule has 2 rings (SSSR count). The van der Waals surface area contributed by atoms with Gasteiger partial charge in [-0.15, -0.1) is 21.5 Å². The van der Waals surface area contributed by atoms with Crippen molar-refractivity contribution in [3.63, 3.8) is 0 Å². The fourth-order valence-electron chi connectivity index (χ4n) is 1.37. The van der Waals surface area contributed by atoms with Crippen LogP contribution in [0.4, 0.5) is 5.00 Å². The molecule has 0 aliphatic carbocycles. The quantitative estimate of drug-likeness (QED) is 0.908. The van der Waals surface area contributed by atoms with Crippen molar-refractivity contribution in [1.82, 2.24) is 10.2 Å². The van der Waals surface area contributed by atoms with Gasteiger partial charge in [0.15, 0.2) is 10.8 Å². The standard InChI is InChI=1S/C11H8ClN3O3S/c1-5-4-6(11(17)18)10(19-5)13-9(16)7-2-3-8(12)15-14-7/h2-4H,1H3,(H,13,16)(H,17,18). The van der Waals surface area contributed by atoms with Crippen molar-refractivity contribution in [2.75, 3.05) is 5.32 Å². The Morgan fingerprint density at radius 1 is 1.37 bits per heavy atom. The summed E-state index contributed by atoms with van der Waals surface area (Å²) in [4.78, 5) is 23.7. The molecular formula is C11H8ClN3O3S. The third-order valence-electron chi connectivity index (χ3n) is 2.18. The molecule has 0 aromatic carbocycles. The molecule has 2 aromatic heterocycles. The summed E-state index contributed by atoms with van der Waals surface area (Å²) in [5, 5.41) is 19.1. The minimum absolute atomic E-state index is 0.0535. The number of hydrogen-bond acceptors (Lipinski definition) is 5. The van der Waals surface area contributed by atoms with Crippen molar-refractivity contribution >= 4 is 39.8 Å². The number of carboxylic acids is 1. The SMILES string of the molecule is Cc1cc(C(=O)O)c(NC(=O)c2ccc(Cl)nn2)s1. The van der Waals surface area contributed by atoms with Gasteiger partial charge in [0.1, 0.15) is 5.00 Å². The van der Waals surface area contributed by atoms with Crippen LogP contribution in [0.1, 0.15) is 25.7 Å². The van der Waals surface area contributed by atoms with Crippen molar-refractivity contribution in [2.24, 2.45) is 0 Å². The van der Waals surface area contributed by atoms with E-state index in [-0.39, 0.29) is 21.4 Å². The number of carbonyl (C=O) groups is 2. The van der Waals surface area contributed by atoms with E-state index >= 15 is 0 Å². The zero-order valence-electron chi connectivity index (χ0n) is 9.68. The molecule has 0 saturated carbocycles. The van der Waals surface area contributed by atoms with Gasteiger partial charge in [0.05, 0.1) is 5.56 Å². The largest absolute Gasteiger partial charge is 0.478 e. The molecule has 98 valence electrons. The molecule has 2 N–H and O–H groups in total. The lowest BCUT2D eigenvalue weighted by Crippen LogP contribution is -2.15. The van der Waals surface area contributed by atoms with Crippen LogP contribution in [0.25, 0.3) is 0 Å². The number of aryl methyl sites for hydroxylation is 1. The van der Waals surface area contributed by atoms with Crippen molar-refractivity contribution < 1.29 is 14.7 Å². The Morgan fingerprint density at radius 3 is 2.68 bits per heavy atom. The average Bonchev–Trinajstić information content (AvgIpc) is 2.71. The molecule has 1 amide bonds. The van der Waals surface area contributed by atoms with E-state index < -0.39 is 11.9 Å². The maximum absolute atomic E-state index is 11.9. The van der Waals surface area contributed by atoms with Gasteiger partial charge in [0.2, 0.25) is 0 Å². The van der Waals surface area contributed by atoms with E-state index in [0.717, 1.165) is 4.88 Å². The van der Waals surface area contributed by atoms with Crippen molar-refractivity contribution in [3.8, 4) is 0 Å². The summed E-state index contributed by atoms with van der Waals surface area (Å²) in [7, 11) is 0. The van der Waals surface area contributed by atoms with Crippen molar-refractivity contribution in [3.05, 3.63) is 39.5 Å².